The van der Waals surface area contributed by atoms with Crippen molar-refractivity contribution in [2.24, 2.45) is 0 Å². The van der Waals surface area contributed by atoms with Gasteiger partial charge in [0.2, 0.25) is 0 Å². The molecule has 1 nitrogen and oxygen atoms in total. The molecular weight excluding hydrogens is 160 g/mol. The minimum absolute atomic E-state index is 0.195. The van der Waals surface area contributed by atoms with E-state index >= 15 is 0 Å². The second-order valence-corrected chi connectivity index (χ2v) is 2.69. The highest BCUT2D eigenvalue weighted by Gasteiger charge is 2.25. The molecule has 0 aromatic carbocycles. The molecule has 0 unspecified atom stereocenters. The number of aromatic nitrogens is 1. The van der Waals surface area contributed by atoms with E-state index in [1.807, 2.05) is 0 Å². The average Bonchev–Trinajstić information content (AvgIpc) is 2.03. The van der Waals surface area contributed by atoms with Gasteiger partial charge in [0.15, 0.2) is 0 Å². The van der Waals surface area contributed by atoms with Gasteiger partial charge in [-0.15, -0.1) is 0 Å². The fourth-order valence-corrected chi connectivity index (χ4v) is 0.832. The Kier molecular flexibility index (Phi) is 2.40. The fraction of sp³-hybridized carbons (Fsp3) is 0.333. The van der Waals surface area contributed by atoms with E-state index in [1.54, 1.807) is 6.07 Å². The molecule has 1 heterocycles. The second-order valence-electron chi connectivity index (χ2n) is 2.69. The van der Waals surface area contributed by atoms with E-state index in [4.69, 9.17) is 0 Å². The zero-order chi connectivity index (χ0) is 9.19. The number of alkyl halides is 2. The summed E-state index contributed by atoms with van der Waals surface area (Å²) in [6.45, 7) is 4.45. The number of hydrogen-bond donors (Lipinski definition) is 0. The van der Waals surface area contributed by atoms with Gasteiger partial charge >= 0.3 is 0 Å². The first-order valence-electron chi connectivity index (χ1n) is 3.66. The maximum atomic E-state index is 12.6. The van der Waals surface area contributed by atoms with Gasteiger partial charge in [0, 0.05) is 13.1 Å². The topological polar surface area (TPSA) is 12.9 Å². The van der Waals surface area contributed by atoms with E-state index in [-0.39, 0.29) is 5.69 Å². The highest BCUT2D eigenvalue weighted by molar-refractivity contribution is 5.17. The van der Waals surface area contributed by atoms with Gasteiger partial charge < -0.3 is 0 Å². The van der Waals surface area contributed by atoms with Crippen LogP contribution in [0.4, 0.5) is 8.78 Å². The summed E-state index contributed by atoms with van der Waals surface area (Å²) in [5.74, 6) is -2.85. The van der Waals surface area contributed by atoms with Gasteiger partial charge in [-0.2, -0.15) is 8.78 Å². The van der Waals surface area contributed by atoms with Gasteiger partial charge in [0.1, 0.15) is 5.69 Å². The van der Waals surface area contributed by atoms with Crippen molar-refractivity contribution in [3.63, 3.8) is 0 Å². The largest absolute Gasteiger partial charge is 0.286 e. The van der Waals surface area contributed by atoms with E-state index < -0.39 is 5.92 Å². The van der Waals surface area contributed by atoms with E-state index in [0.29, 0.717) is 6.42 Å². The molecule has 0 N–H and O–H groups in total. The van der Waals surface area contributed by atoms with Gasteiger partial charge in [0.05, 0.1) is 0 Å². The Morgan fingerprint density at radius 2 is 2.17 bits per heavy atom. The first-order valence-corrected chi connectivity index (χ1v) is 3.66. The predicted molar refractivity (Wildman–Crippen MR) is 42.9 cm³/mol. The van der Waals surface area contributed by atoms with Gasteiger partial charge in [-0.3, -0.25) is 4.98 Å². The van der Waals surface area contributed by atoms with Crippen LogP contribution >= 0.6 is 0 Å². The van der Waals surface area contributed by atoms with Crippen LogP contribution in [0.25, 0.3) is 0 Å². The van der Waals surface area contributed by atoms with Crippen LogP contribution in [-0.4, -0.2) is 4.98 Å². The maximum Gasteiger partial charge on any atom is 0.286 e. The standard InChI is InChI=1S/C9H10F2N/c1-3-7-4-5-8(12-6-7)9(2,10)11/h4-6H,1,3H2,2H3. The van der Waals surface area contributed by atoms with Gasteiger partial charge in [-0.25, -0.2) is 0 Å². The SMILES string of the molecule is [CH2]Cc1ccc(C(C)(F)F)nc1. The number of hydrogen-bond acceptors (Lipinski definition) is 1. The monoisotopic (exact) mass is 170 g/mol. The van der Waals surface area contributed by atoms with Gasteiger partial charge in [-0.05, 0) is 25.0 Å². The molecule has 0 amide bonds. The summed E-state index contributed by atoms with van der Waals surface area (Å²) in [6, 6.07) is 2.95. The van der Waals surface area contributed by atoms with Crippen LogP contribution in [0.5, 0.6) is 0 Å². The molecule has 0 aliphatic rings. The molecule has 0 saturated carbocycles. The van der Waals surface area contributed by atoms with E-state index in [1.165, 1.54) is 12.3 Å². The van der Waals surface area contributed by atoms with Crippen molar-refractivity contribution in [3.8, 4) is 0 Å². The first-order chi connectivity index (χ1) is 5.54. The minimum atomic E-state index is -2.85. The lowest BCUT2D eigenvalue weighted by Gasteiger charge is -2.08. The quantitative estimate of drug-likeness (QED) is 0.664. The zero-order valence-electron chi connectivity index (χ0n) is 6.85. The first kappa shape index (κ1) is 9.10. The Bertz CT molecular complexity index is 248. The van der Waals surface area contributed by atoms with Crippen LogP contribution in [0.2, 0.25) is 0 Å². The molecule has 0 atom stereocenters. The third-order valence-corrected chi connectivity index (χ3v) is 1.56. The predicted octanol–water partition coefficient (Wildman–Crippen LogP) is 2.57. The fourth-order valence-electron chi connectivity index (χ4n) is 0.832. The molecule has 3 heteroatoms. The van der Waals surface area contributed by atoms with Gasteiger partial charge in [-0.1, -0.05) is 6.07 Å². The van der Waals surface area contributed by atoms with E-state index in [9.17, 15) is 8.78 Å². The summed E-state index contributed by atoms with van der Waals surface area (Å²) in [5.41, 5.74) is 0.669. The van der Waals surface area contributed by atoms with Crippen molar-refractivity contribution < 1.29 is 8.78 Å². The Labute approximate surface area is 70.4 Å². The second kappa shape index (κ2) is 3.17. The third-order valence-electron chi connectivity index (χ3n) is 1.56. The van der Waals surface area contributed by atoms with E-state index in [0.717, 1.165) is 12.5 Å². The van der Waals surface area contributed by atoms with Crippen LogP contribution in [-0.2, 0) is 12.3 Å². The molecule has 0 aliphatic carbocycles. The molecule has 1 aromatic rings. The summed E-state index contributed by atoms with van der Waals surface area (Å²) < 4.78 is 25.2. The third kappa shape index (κ3) is 2.00. The average molecular weight is 170 g/mol. The van der Waals surface area contributed by atoms with Crippen LogP contribution < -0.4 is 0 Å². The number of pyridine rings is 1. The van der Waals surface area contributed by atoms with Crippen molar-refractivity contribution >= 4 is 0 Å². The lowest BCUT2D eigenvalue weighted by atomic mass is 10.2. The van der Waals surface area contributed by atoms with Crippen molar-refractivity contribution in [2.45, 2.75) is 19.3 Å². The highest BCUT2D eigenvalue weighted by Crippen LogP contribution is 2.24. The Morgan fingerprint density at radius 1 is 1.50 bits per heavy atom. The van der Waals surface area contributed by atoms with Crippen molar-refractivity contribution in [3.05, 3.63) is 36.5 Å². The highest BCUT2D eigenvalue weighted by atomic mass is 19.3. The summed E-state index contributed by atoms with van der Waals surface area (Å²) in [7, 11) is 0. The molecule has 1 aromatic heterocycles. The summed E-state index contributed by atoms with van der Waals surface area (Å²) in [4.78, 5) is 3.63. The lowest BCUT2D eigenvalue weighted by Crippen LogP contribution is -2.09. The van der Waals surface area contributed by atoms with Crippen molar-refractivity contribution in [2.75, 3.05) is 0 Å². The molecule has 1 rings (SSSR count). The smallest absolute Gasteiger partial charge is 0.255 e. The van der Waals surface area contributed by atoms with Crippen LogP contribution in [0.1, 0.15) is 18.2 Å². The maximum absolute atomic E-state index is 12.6. The molecule has 0 aliphatic heterocycles. The molecule has 65 valence electrons. The molecule has 12 heavy (non-hydrogen) atoms. The minimum Gasteiger partial charge on any atom is -0.255 e. The Morgan fingerprint density at radius 3 is 2.50 bits per heavy atom. The molecule has 0 fully saturated rings. The van der Waals surface area contributed by atoms with Crippen LogP contribution in [0.15, 0.2) is 18.3 Å². The van der Waals surface area contributed by atoms with Crippen molar-refractivity contribution in [1.29, 1.82) is 0 Å². The molecule has 0 spiro atoms. The Hall–Kier alpha value is -0.990. The normalized spacial score (nSPS) is 11.7. The van der Waals surface area contributed by atoms with Crippen LogP contribution in [0, 0.1) is 6.92 Å². The summed E-state index contributed by atoms with van der Waals surface area (Å²) in [6.07, 6.45) is 2.00. The van der Waals surface area contributed by atoms with Crippen LogP contribution in [0.3, 0.4) is 0 Å². The van der Waals surface area contributed by atoms with E-state index in [2.05, 4.69) is 11.9 Å². The number of nitrogens with zero attached hydrogens (tertiary/aromatic N) is 1. The number of halogens is 2. The lowest BCUT2D eigenvalue weighted by molar-refractivity contribution is 0.0127. The Balaban J connectivity index is 2.93. The molecule has 0 bridgehead atoms. The van der Waals surface area contributed by atoms with Crippen molar-refractivity contribution in [1.82, 2.24) is 4.98 Å². The summed E-state index contributed by atoms with van der Waals surface area (Å²) in [5, 5.41) is 0. The molecule has 0 saturated heterocycles. The zero-order valence-corrected chi connectivity index (χ0v) is 6.85. The molecular formula is C9H10F2N. The summed E-state index contributed by atoms with van der Waals surface area (Å²) >= 11 is 0. The number of rotatable bonds is 2. The van der Waals surface area contributed by atoms with Gasteiger partial charge in [0.25, 0.3) is 5.92 Å². The molecule has 1 radical (unpaired) electrons.